The molecule has 7 heteroatoms. The maximum atomic E-state index is 13.0. The standard InChI is InChI=1S/C20H25N5O.ClH/c26-20(16-13-15-6-7-17(16)21-15)24-9-8-19-22-18(23-25(19)11-10-24)12-14-4-2-1-3-5-14;/h1-5,15-17,21H,6-13H2;1H/t15-,16+,17+;/m1./s1. The predicted molar refractivity (Wildman–Crippen MR) is 105 cm³/mol. The first kappa shape index (κ1) is 18.4. The summed E-state index contributed by atoms with van der Waals surface area (Å²) in [7, 11) is 0. The van der Waals surface area contributed by atoms with Gasteiger partial charge in [-0.05, 0) is 24.8 Å². The molecule has 1 aromatic carbocycles. The van der Waals surface area contributed by atoms with Gasteiger partial charge in [-0.1, -0.05) is 30.3 Å². The number of amides is 1. The Labute approximate surface area is 165 Å². The summed E-state index contributed by atoms with van der Waals surface area (Å²) in [5, 5.41) is 8.27. The average molecular weight is 388 g/mol. The lowest BCUT2D eigenvalue weighted by atomic mass is 9.88. The number of halogens is 1. The second kappa shape index (κ2) is 7.60. The molecule has 2 aromatic rings. The number of fused-ring (bicyclic) bond motifs is 3. The third-order valence-corrected chi connectivity index (χ3v) is 6.11. The lowest BCUT2D eigenvalue weighted by molar-refractivity contribution is -0.136. The molecule has 4 heterocycles. The Balaban J connectivity index is 0.00000180. The van der Waals surface area contributed by atoms with Crippen LogP contribution in [0.5, 0.6) is 0 Å². The quantitative estimate of drug-likeness (QED) is 0.872. The monoisotopic (exact) mass is 387 g/mol. The average Bonchev–Trinajstić information content (AvgIpc) is 3.35. The van der Waals surface area contributed by atoms with Crippen molar-refractivity contribution in [2.45, 2.75) is 50.7 Å². The Kier molecular flexibility index (Phi) is 5.19. The van der Waals surface area contributed by atoms with E-state index in [1.807, 2.05) is 27.8 Å². The SMILES string of the molecule is Cl.O=C([C@H]1C[C@H]2CC[C@@H]1N2)N1CCc2nc(Cc3ccccc3)nn2CC1. The number of nitrogens with zero attached hydrogens (tertiary/aromatic N) is 4. The molecule has 2 fully saturated rings. The van der Waals surface area contributed by atoms with E-state index >= 15 is 0 Å². The molecule has 5 rings (SSSR count). The van der Waals surface area contributed by atoms with Gasteiger partial charge in [0, 0.05) is 38.0 Å². The Morgan fingerprint density at radius 1 is 1.15 bits per heavy atom. The van der Waals surface area contributed by atoms with Crippen LogP contribution in [0.2, 0.25) is 0 Å². The number of rotatable bonds is 3. The normalized spacial score (nSPS) is 26.4. The Morgan fingerprint density at radius 3 is 2.74 bits per heavy atom. The fourth-order valence-electron chi connectivity index (χ4n) is 4.76. The zero-order valence-corrected chi connectivity index (χ0v) is 16.2. The molecule has 6 nitrogen and oxygen atoms in total. The largest absolute Gasteiger partial charge is 0.340 e. The fourth-order valence-corrected chi connectivity index (χ4v) is 4.76. The van der Waals surface area contributed by atoms with Crippen molar-refractivity contribution in [1.82, 2.24) is 25.0 Å². The zero-order chi connectivity index (χ0) is 17.5. The Bertz CT molecular complexity index is 782. The van der Waals surface area contributed by atoms with Crippen molar-refractivity contribution in [1.29, 1.82) is 0 Å². The van der Waals surface area contributed by atoms with Gasteiger partial charge in [-0.3, -0.25) is 4.79 Å². The summed E-state index contributed by atoms with van der Waals surface area (Å²) in [5.41, 5.74) is 1.23. The van der Waals surface area contributed by atoms with Crippen LogP contribution >= 0.6 is 12.4 Å². The summed E-state index contributed by atoms with van der Waals surface area (Å²) in [6.07, 6.45) is 4.96. The van der Waals surface area contributed by atoms with E-state index in [9.17, 15) is 4.79 Å². The summed E-state index contributed by atoms with van der Waals surface area (Å²) < 4.78 is 2.00. The Morgan fingerprint density at radius 2 is 2.00 bits per heavy atom. The van der Waals surface area contributed by atoms with Gasteiger partial charge in [0.1, 0.15) is 5.82 Å². The van der Waals surface area contributed by atoms with E-state index in [-0.39, 0.29) is 18.3 Å². The molecule has 0 saturated carbocycles. The zero-order valence-electron chi connectivity index (χ0n) is 15.4. The molecule has 0 unspecified atom stereocenters. The van der Waals surface area contributed by atoms with E-state index in [4.69, 9.17) is 10.1 Å². The number of hydrogen-bond acceptors (Lipinski definition) is 4. The van der Waals surface area contributed by atoms with Crippen molar-refractivity contribution in [3.8, 4) is 0 Å². The first-order valence-electron chi connectivity index (χ1n) is 9.77. The van der Waals surface area contributed by atoms with Gasteiger partial charge in [0.15, 0.2) is 5.82 Å². The molecule has 0 spiro atoms. The van der Waals surface area contributed by atoms with Crippen LogP contribution in [-0.2, 0) is 24.2 Å². The van der Waals surface area contributed by atoms with E-state index in [0.29, 0.717) is 18.0 Å². The van der Waals surface area contributed by atoms with Gasteiger partial charge in [-0.2, -0.15) is 5.10 Å². The van der Waals surface area contributed by atoms with E-state index < -0.39 is 0 Å². The highest BCUT2D eigenvalue weighted by molar-refractivity contribution is 5.85. The van der Waals surface area contributed by atoms with Gasteiger partial charge in [0.25, 0.3) is 0 Å². The van der Waals surface area contributed by atoms with Crippen LogP contribution in [0, 0.1) is 5.92 Å². The molecule has 1 N–H and O–H groups in total. The third kappa shape index (κ3) is 3.60. The van der Waals surface area contributed by atoms with Gasteiger partial charge in [0.2, 0.25) is 5.91 Å². The molecule has 3 aliphatic heterocycles. The molecular formula is C20H26ClN5O. The van der Waals surface area contributed by atoms with Gasteiger partial charge < -0.3 is 10.2 Å². The Hall–Kier alpha value is -1.92. The van der Waals surface area contributed by atoms with Crippen molar-refractivity contribution in [3.05, 3.63) is 47.5 Å². The highest BCUT2D eigenvalue weighted by Crippen LogP contribution is 2.34. The molecule has 3 aliphatic rings. The van der Waals surface area contributed by atoms with Crippen LogP contribution in [0.3, 0.4) is 0 Å². The third-order valence-electron chi connectivity index (χ3n) is 6.11. The first-order valence-corrected chi connectivity index (χ1v) is 9.77. The second-order valence-electron chi connectivity index (χ2n) is 7.79. The molecule has 1 aromatic heterocycles. The number of aromatic nitrogens is 3. The van der Waals surface area contributed by atoms with E-state index in [2.05, 4.69) is 17.4 Å². The molecule has 2 saturated heterocycles. The predicted octanol–water partition coefficient (Wildman–Crippen LogP) is 1.82. The molecule has 0 radical (unpaired) electrons. The number of nitrogens with one attached hydrogen (secondary N) is 1. The van der Waals surface area contributed by atoms with E-state index in [1.165, 1.54) is 12.0 Å². The topological polar surface area (TPSA) is 63.1 Å². The van der Waals surface area contributed by atoms with Crippen LogP contribution in [0.1, 0.15) is 36.5 Å². The number of carbonyl (C=O) groups is 1. The van der Waals surface area contributed by atoms with Crippen molar-refractivity contribution in [2.24, 2.45) is 5.92 Å². The van der Waals surface area contributed by atoms with Crippen LogP contribution < -0.4 is 5.32 Å². The van der Waals surface area contributed by atoms with Crippen molar-refractivity contribution in [2.75, 3.05) is 13.1 Å². The first-order chi connectivity index (χ1) is 12.8. The highest BCUT2D eigenvalue weighted by atomic mass is 35.5. The molecular weight excluding hydrogens is 362 g/mol. The van der Waals surface area contributed by atoms with E-state index in [0.717, 1.165) is 57.0 Å². The maximum Gasteiger partial charge on any atom is 0.227 e. The summed E-state index contributed by atoms with van der Waals surface area (Å²) in [6, 6.07) is 11.3. The summed E-state index contributed by atoms with van der Waals surface area (Å²) in [5.74, 6) is 2.40. The number of benzene rings is 1. The van der Waals surface area contributed by atoms with Crippen LogP contribution in [0.25, 0.3) is 0 Å². The van der Waals surface area contributed by atoms with Crippen molar-refractivity contribution >= 4 is 18.3 Å². The van der Waals surface area contributed by atoms with Gasteiger partial charge in [-0.25, -0.2) is 9.67 Å². The van der Waals surface area contributed by atoms with Gasteiger partial charge in [-0.15, -0.1) is 12.4 Å². The minimum atomic E-state index is 0. The number of hydrogen-bond donors (Lipinski definition) is 1. The summed E-state index contributed by atoms with van der Waals surface area (Å²) >= 11 is 0. The lowest BCUT2D eigenvalue weighted by Gasteiger charge is -2.27. The molecule has 0 aliphatic carbocycles. The van der Waals surface area contributed by atoms with Crippen LogP contribution in [0.4, 0.5) is 0 Å². The molecule has 2 bridgehead atoms. The lowest BCUT2D eigenvalue weighted by Crippen LogP contribution is -2.42. The van der Waals surface area contributed by atoms with Crippen molar-refractivity contribution < 1.29 is 4.79 Å². The smallest absolute Gasteiger partial charge is 0.227 e. The molecule has 3 atom stereocenters. The molecule has 1 amide bonds. The van der Waals surface area contributed by atoms with Gasteiger partial charge in [0.05, 0.1) is 12.5 Å². The van der Waals surface area contributed by atoms with Gasteiger partial charge >= 0.3 is 0 Å². The van der Waals surface area contributed by atoms with Crippen LogP contribution in [0.15, 0.2) is 30.3 Å². The highest BCUT2D eigenvalue weighted by Gasteiger charge is 2.44. The minimum absolute atomic E-state index is 0. The minimum Gasteiger partial charge on any atom is -0.340 e. The van der Waals surface area contributed by atoms with Crippen LogP contribution in [-0.4, -0.2) is 50.7 Å². The van der Waals surface area contributed by atoms with Crippen molar-refractivity contribution in [3.63, 3.8) is 0 Å². The van der Waals surface area contributed by atoms with E-state index in [1.54, 1.807) is 0 Å². The molecule has 27 heavy (non-hydrogen) atoms. The summed E-state index contributed by atoms with van der Waals surface area (Å²) in [4.78, 5) is 19.7. The molecule has 144 valence electrons. The fraction of sp³-hybridized carbons (Fsp3) is 0.550. The number of carbonyl (C=O) groups excluding carboxylic acids is 1. The summed E-state index contributed by atoms with van der Waals surface area (Å²) in [6.45, 7) is 2.25. The second-order valence-corrected chi connectivity index (χ2v) is 7.79. The maximum absolute atomic E-state index is 13.0.